The predicted molar refractivity (Wildman–Crippen MR) is 76.2 cm³/mol. The first kappa shape index (κ1) is 12.9. The summed E-state index contributed by atoms with van der Waals surface area (Å²) < 4.78 is 5.26. The second kappa shape index (κ2) is 6.39. The summed E-state index contributed by atoms with van der Waals surface area (Å²) in [4.78, 5) is 8.26. The number of benzene rings is 1. The van der Waals surface area contributed by atoms with E-state index in [0.29, 0.717) is 12.5 Å². The van der Waals surface area contributed by atoms with Crippen molar-refractivity contribution in [1.29, 1.82) is 0 Å². The van der Waals surface area contributed by atoms with E-state index in [9.17, 15) is 0 Å². The molecule has 2 rings (SSSR count). The fraction of sp³-hybridized carbons (Fsp3) is 0.143. The number of aliphatic imine (C=N–C) groups is 1. The first-order chi connectivity index (χ1) is 9.29. The number of ether oxygens (including phenoxy) is 1. The molecular formula is C14H16N4O. The Bertz CT molecular complexity index is 554. The number of anilines is 1. The van der Waals surface area contributed by atoms with Crippen LogP contribution in [0.5, 0.6) is 5.75 Å². The molecule has 0 aliphatic carbocycles. The number of aromatic nitrogens is 1. The van der Waals surface area contributed by atoms with Gasteiger partial charge in [-0.1, -0.05) is 18.2 Å². The Morgan fingerprint density at radius 3 is 2.89 bits per heavy atom. The van der Waals surface area contributed by atoms with Crippen LogP contribution in [-0.4, -0.2) is 18.1 Å². The maximum Gasteiger partial charge on any atom is 0.193 e. The number of rotatable bonds is 4. The second-order valence-electron chi connectivity index (χ2n) is 3.88. The summed E-state index contributed by atoms with van der Waals surface area (Å²) in [5.74, 6) is 1.15. The largest absolute Gasteiger partial charge is 0.496 e. The number of guanidine groups is 1. The first-order valence-electron chi connectivity index (χ1n) is 5.88. The van der Waals surface area contributed by atoms with Crippen molar-refractivity contribution >= 4 is 11.6 Å². The van der Waals surface area contributed by atoms with Crippen LogP contribution in [0.3, 0.4) is 0 Å². The van der Waals surface area contributed by atoms with E-state index in [-0.39, 0.29) is 0 Å². The van der Waals surface area contributed by atoms with Crippen LogP contribution in [0.15, 0.2) is 53.8 Å². The van der Waals surface area contributed by atoms with Crippen LogP contribution in [0.25, 0.3) is 0 Å². The molecule has 3 N–H and O–H groups in total. The fourth-order valence-corrected chi connectivity index (χ4v) is 1.63. The average molecular weight is 256 g/mol. The second-order valence-corrected chi connectivity index (χ2v) is 3.88. The van der Waals surface area contributed by atoms with E-state index in [0.717, 1.165) is 17.0 Å². The van der Waals surface area contributed by atoms with Crippen molar-refractivity contribution in [3.05, 3.63) is 54.4 Å². The molecule has 0 unspecified atom stereocenters. The standard InChI is InChI=1S/C14H16N4O/c1-19-13-7-3-2-5-11(13)9-17-14(15)18-12-6-4-8-16-10-12/h2-8,10H,9H2,1H3,(H3,15,17,18). The van der Waals surface area contributed by atoms with Crippen molar-refractivity contribution in [2.45, 2.75) is 6.54 Å². The lowest BCUT2D eigenvalue weighted by Crippen LogP contribution is -2.22. The van der Waals surface area contributed by atoms with E-state index in [4.69, 9.17) is 10.5 Å². The smallest absolute Gasteiger partial charge is 0.193 e. The molecule has 19 heavy (non-hydrogen) atoms. The number of nitrogens with zero attached hydrogens (tertiary/aromatic N) is 2. The molecule has 0 atom stereocenters. The van der Waals surface area contributed by atoms with E-state index >= 15 is 0 Å². The Labute approximate surface area is 112 Å². The number of para-hydroxylation sites is 1. The van der Waals surface area contributed by atoms with Gasteiger partial charge < -0.3 is 15.8 Å². The zero-order valence-electron chi connectivity index (χ0n) is 10.7. The molecule has 5 nitrogen and oxygen atoms in total. The van der Waals surface area contributed by atoms with Crippen molar-refractivity contribution < 1.29 is 4.74 Å². The van der Waals surface area contributed by atoms with Gasteiger partial charge in [-0.25, -0.2) is 4.99 Å². The Hall–Kier alpha value is -2.56. The van der Waals surface area contributed by atoms with Crippen molar-refractivity contribution in [3.63, 3.8) is 0 Å². The number of hydrogen-bond acceptors (Lipinski definition) is 3. The van der Waals surface area contributed by atoms with Gasteiger partial charge >= 0.3 is 0 Å². The van der Waals surface area contributed by atoms with E-state index < -0.39 is 0 Å². The zero-order valence-corrected chi connectivity index (χ0v) is 10.7. The predicted octanol–water partition coefficient (Wildman–Crippen LogP) is 2.02. The summed E-state index contributed by atoms with van der Waals surface area (Å²) in [7, 11) is 1.64. The molecular weight excluding hydrogens is 240 g/mol. The minimum atomic E-state index is 0.346. The van der Waals surface area contributed by atoms with E-state index in [2.05, 4.69) is 15.3 Å². The van der Waals surface area contributed by atoms with Crippen molar-refractivity contribution in [3.8, 4) is 5.75 Å². The highest BCUT2D eigenvalue weighted by Gasteiger charge is 2.00. The van der Waals surface area contributed by atoms with E-state index in [1.54, 1.807) is 19.5 Å². The lowest BCUT2D eigenvalue weighted by Gasteiger charge is -2.07. The van der Waals surface area contributed by atoms with Crippen LogP contribution in [0.2, 0.25) is 0 Å². The lowest BCUT2D eigenvalue weighted by molar-refractivity contribution is 0.410. The Morgan fingerprint density at radius 1 is 1.32 bits per heavy atom. The van der Waals surface area contributed by atoms with Crippen LogP contribution >= 0.6 is 0 Å². The van der Waals surface area contributed by atoms with Crippen molar-refractivity contribution in [1.82, 2.24) is 4.98 Å². The minimum Gasteiger partial charge on any atom is -0.496 e. The van der Waals surface area contributed by atoms with Gasteiger partial charge in [-0.15, -0.1) is 0 Å². The third-order valence-electron chi connectivity index (χ3n) is 2.55. The summed E-state index contributed by atoms with van der Waals surface area (Å²) in [6.45, 7) is 0.461. The maximum atomic E-state index is 5.82. The quantitative estimate of drug-likeness (QED) is 0.648. The summed E-state index contributed by atoms with van der Waals surface area (Å²) in [5, 5.41) is 2.97. The highest BCUT2D eigenvalue weighted by molar-refractivity contribution is 5.92. The molecule has 0 saturated carbocycles. The summed E-state index contributed by atoms with van der Waals surface area (Å²) in [6, 6.07) is 11.4. The van der Waals surface area contributed by atoms with Gasteiger partial charge in [0.15, 0.2) is 5.96 Å². The molecule has 0 saturated heterocycles. The maximum absolute atomic E-state index is 5.82. The number of pyridine rings is 1. The Balaban J connectivity index is 2.02. The van der Waals surface area contributed by atoms with Crippen LogP contribution in [0.1, 0.15) is 5.56 Å². The molecule has 0 bridgehead atoms. The zero-order chi connectivity index (χ0) is 13.5. The number of nitrogens with two attached hydrogens (primary N) is 1. The molecule has 1 aromatic heterocycles. The molecule has 1 aromatic carbocycles. The van der Waals surface area contributed by atoms with Gasteiger partial charge in [0.1, 0.15) is 5.75 Å². The van der Waals surface area contributed by atoms with Crippen LogP contribution in [-0.2, 0) is 6.54 Å². The lowest BCUT2D eigenvalue weighted by atomic mass is 10.2. The van der Waals surface area contributed by atoms with Gasteiger partial charge in [0.25, 0.3) is 0 Å². The van der Waals surface area contributed by atoms with Crippen molar-refractivity contribution in [2.75, 3.05) is 12.4 Å². The number of hydrogen-bond donors (Lipinski definition) is 2. The number of methoxy groups -OCH3 is 1. The topological polar surface area (TPSA) is 72.5 Å². The van der Waals surface area contributed by atoms with Crippen LogP contribution < -0.4 is 15.8 Å². The number of nitrogens with one attached hydrogen (secondary N) is 1. The molecule has 0 fully saturated rings. The highest BCUT2D eigenvalue weighted by atomic mass is 16.5. The molecule has 1 heterocycles. The van der Waals surface area contributed by atoms with Crippen LogP contribution in [0.4, 0.5) is 5.69 Å². The molecule has 2 aromatic rings. The van der Waals surface area contributed by atoms with Crippen LogP contribution in [0, 0.1) is 0 Å². The monoisotopic (exact) mass is 256 g/mol. The first-order valence-corrected chi connectivity index (χ1v) is 5.88. The third kappa shape index (κ3) is 3.70. The molecule has 0 spiro atoms. The van der Waals surface area contributed by atoms with Gasteiger partial charge in [-0.05, 0) is 18.2 Å². The molecule has 0 aliphatic heterocycles. The minimum absolute atomic E-state index is 0.346. The molecule has 0 radical (unpaired) electrons. The SMILES string of the molecule is COc1ccccc1CN=C(N)Nc1cccnc1. The molecule has 5 heteroatoms. The fourth-order valence-electron chi connectivity index (χ4n) is 1.63. The molecule has 0 amide bonds. The van der Waals surface area contributed by atoms with Crippen molar-refractivity contribution in [2.24, 2.45) is 10.7 Å². The van der Waals surface area contributed by atoms with Gasteiger partial charge in [-0.3, -0.25) is 4.98 Å². The Morgan fingerprint density at radius 2 is 2.16 bits per heavy atom. The summed E-state index contributed by atoms with van der Waals surface area (Å²) in [6.07, 6.45) is 3.39. The van der Waals surface area contributed by atoms with E-state index in [1.807, 2.05) is 36.4 Å². The normalized spacial score (nSPS) is 11.1. The average Bonchev–Trinajstić information content (AvgIpc) is 2.46. The van der Waals surface area contributed by atoms with Gasteiger partial charge in [-0.2, -0.15) is 0 Å². The van der Waals surface area contributed by atoms with Gasteiger partial charge in [0.05, 0.1) is 25.5 Å². The summed E-state index contributed by atoms with van der Waals surface area (Å²) >= 11 is 0. The Kier molecular flexibility index (Phi) is 4.34. The molecule has 0 aliphatic rings. The highest BCUT2D eigenvalue weighted by Crippen LogP contribution is 2.17. The molecule has 98 valence electrons. The van der Waals surface area contributed by atoms with Gasteiger partial charge in [0.2, 0.25) is 0 Å². The third-order valence-corrected chi connectivity index (χ3v) is 2.55. The van der Waals surface area contributed by atoms with Gasteiger partial charge in [0, 0.05) is 11.8 Å². The summed E-state index contributed by atoms with van der Waals surface area (Å²) in [5.41, 5.74) is 7.61. The van der Waals surface area contributed by atoms with E-state index in [1.165, 1.54) is 0 Å².